The lowest BCUT2D eigenvalue weighted by Gasteiger charge is -2.04. The van der Waals surface area contributed by atoms with Crippen molar-refractivity contribution in [2.24, 2.45) is 0 Å². The van der Waals surface area contributed by atoms with Crippen molar-refractivity contribution in [3.8, 4) is 0 Å². The third-order valence-corrected chi connectivity index (χ3v) is 1.80. The Morgan fingerprint density at radius 2 is 1.50 bits per heavy atom. The third-order valence-electron chi connectivity index (χ3n) is 1.80. The number of alkyl carbamates (subject to hydrolysis) is 1. The zero-order chi connectivity index (χ0) is 15.6. The van der Waals surface area contributed by atoms with E-state index in [1.165, 1.54) is 18.4 Å². The van der Waals surface area contributed by atoms with Crippen LogP contribution in [0.1, 0.15) is 53.0 Å². The van der Waals surface area contributed by atoms with Crippen LogP contribution in [-0.4, -0.2) is 19.2 Å². The van der Waals surface area contributed by atoms with Gasteiger partial charge in [0.25, 0.3) is 0 Å². The summed E-state index contributed by atoms with van der Waals surface area (Å²) < 4.78 is 4.73. The average Bonchev–Trinajstić information content (AvgIpc) is 2.42. The number of hydrogen-bond donors (Lipinski definition) is 1. The van der Waals surface area contributed by atoms with Gasteiger partial charge in [-0.15, -0.1) is 0 Å². The van der Waals surface area contributed by atoms with Gasteiger partial charge in [-0.1, -0.05) is 70.9 Å². The van der Waals surface area contributed by atoms with Crippen molar-refractivity contribution in [3.05, 3.63) is 35.9 Å². The van der Waals surface area contributed by atoms with Crippen molar-refractivity contribution in [2.75, 3.05) is 13.2 Å². The highest BCUT2D eigenvalue weighted by Gasteiger charge is 1.98. The van der Waals surface area contributed by atoms with Gasteiger partial charge in [0.05, 0.1) is 6.61 Å². The Balaban J connectivity index is 0. The number of nitrogens with one attached hydrogen (secondary N) is 1. The molecule has 0 aromatic heterocycles. The first-order chi connectivity index (χ1) is 9.65. The van der Waals surface area contributed by atoms with E-state index in [-0.39, 0.29) is 6.09 Å². The Morgan fingerprint density at radius 3 is 1.95 bits per heavy atom. The quantitative estimate of drug-likeness (QED) is 0.860. The van der Waals surface area contributed by atoms with E-state index >= 15 is 0 Å². The van der Waals surface area contributed by atoms with Crippen molar-refractivity contribution in [2.45, 2.75) is 53.9 Å². The van der Waals surface area contributed by atoms with E-state index in [9.17, 15) is 4.79 Å². The summed E-state index contributed by atoms with van der Waals surface area (Å²) >= 11 is 0. The summed E-state index contributed by atoms with van der Waals surface area (Å²) in [4.78, 5) is 10.9. The number of ether oxygens (including phenoxy) is 1. The zero-order valence-electron chi connectivity index (χ0n) is 13.7. The second kappa shape index (κ2) is 17.5. The normalized spacial score (nSPS) is 8.45. The molecule has 0 saturated carbocycles. The van der Waals surface area contributed by atoms with Gasteiger partial charge in [-0.3, -0.25) is 0 Å². The number of amides is 1. The van der Waals surface area contributed by atoms with E-state index in [1.807, 2.05) is 30.3 Å². The van der Waals surface area contributed by atoms with Crippen molar-refractivity contribution in [3.63, 3.8) is 0 Å². The van der Waals surface area contributed by atoms with Gasteiger partial charge in [0.2, 0.25) is 0 Å². The molecule has 1 N–H and O–H groups in total. The first-order valence-corrected chi connectivity index (χ1v) is 7.60. The summed E-state index contributed by atoms with van der Waals surface area (Å²) in [6.45, 7) is 11.3. The largest absolute Gasteiger partial charge is 0.450 e. The number of carbonyl (C=O) groups is 1. The molecule has 3 nitrogen and oxygen atoms in total. The Bertz CT molecular complexity index is 297. The minimum absolute atomic E-state index is 0.344. The van der Waals surface area contributed by atoms with E-state index in [0.717, 1.165) is 6.42 Å². The molecule has 0 fully saturated rings. The maximum Gasteiger partial charge on any atom is 0.407 e. The molecule has 0 aliphatic heterocycles. The molecule has 0 aliphatic rings. The highest BCUT2D eigenvalue weighted by Crippen LogP contribution is 1.97. The van der Waals surface area contributed by atoms with Crippen LogP contribution in [0.4, 0.5) is 4.79 Å². The van der Waals surface area contributed by atoms with Crippen molar-refractivity contribution < 1.29 is 9.53 Å². The molecule has 0 aliphatic carbocycles. The van der Waals surface area contributed by atoms with Gasteiger partial charge in [0, 0.05) is 6.54 Å². The van der Waals surface area contributed by atoms with Crippen LogP contribution in [0.25, 0.3) is 0 Å². The van der Waals surface area contributed by atoms with Crippen molar-refractivity contribution >= 4 is 6.09 Å². The standard InChI is InChI=1S/C11H15NO2.2C3H8/c1-2-14-11(13)12-9-8-10-6-4-3-5-7-10;2*1-3-2/h3-7H,2,8-9H2,1H3,(H,12,13);2*3H2,1-2H3. The monoisotopic (exact) mass is 281 g/mol. The Labute approximate surface area is 124 Å². The fourth-order valence-electron chi connectivity index (χ4n) is 1.14. The Morgan fingerprint density at radius 1 is 1.00 bits per heavy atom. The highest BCUT2D eigenvalue weighted by molar-refractivity contribution is 5.67. The van der Waals surface area contributed by atoms with Gasteiger partial charge in [0.15, 0.2) is 0 Å². The summed E-state index contributed by atoms with van der Waals surface area (Å²) in [5.41, 5.74) is 1.21. The lowest BCUT2D eigenvalue weighted by atomic mass is 10.1. The smallest absolute Gasteiger partial charge is 0.407 e. The SMILES string of the molecule is CCC.CCC.CCOC(=O)NCCc1ccccc1. The summed E-state index contributed by atoms with van der Waals surface area (Å²) in [6, 6.07) is 10.0. The van der Waals surface area contributed by atoms with E-state index in [0.29, 0.717) is 13.2 Å². The molecule has 0 saturated heterocycles. The topological polar surface area (TPSA) is 38.3 Å². The van der Waals surface area contributed by atoms with Gasteiger partial charge in [-0.05, 0) is 18.9 Å². The number of benzene rings is 1. The Kier molecular flexibility index (Phi) is 18.2. The second-order valence-corrected chi connectivity index (χ2v) is 4.30. The molecule has 1 amide bonds. The summed E-state index contributed by atoms with van der Waals surface area (Å²) in [5, 5.41) is 2.67. The molecule has 0 unspecified atom stereocenters. The lowest BCUT2D eigenvalue weighted by Crippen LogP contribution is -2.26. The van der Waals surface area contributed by atoms with Crippen LogP contribution in [0.2, 0.25) is 0 Å². The van der Waals surface area contributed by atoms with Crippen LogP contribution in [0.5, 0.6) is 0 Å². The van der Waals surface area contributed by atoms with Gasteiger partial charge in [0.1, 0.15) is 0 Å². The van der Waals surface area contributed by atoms with E-state index in [2.05, 4.69) is 33.0 Å². The molecule has 0 spiro atoms. The summed E-state index contributed by atoms with van der Waals surface area (Å²) in [7, 11) is 0. The van der Waals surface area contributed by atoms with E-state index in [4.69, 9.17) is 4.74 Å². The number of carbonyl (C=O) groups excluding carboxylic acids is 1. The van der Waals surface area contributed by atoms with Crippen LogP contribution >= 0.6 is 0 Å². The highest BCUT2D eigenvalue weighted by atomic mass is 16.5. The minimum Gasteiger partial charge on any atom is -0.450 e. The van der Waals surface area contributed by atoms with E-state index < -0.39 is 0 Å². The lowest BCUT2D eigenvalue weighted by molar-refractivity contribution is 0.152. The van der Waals surface area contributed by atoms with Gasteiger partial charge in [-0.2, -0.15) is 0 Å². The van der Waals surface area contributed by atoms with Crippen molar-refractivity contribution in [1.82, 2.24) is 5.32 Å². The van der Waals surface area contributed by atoms with Crippen LogP contribution < -0.4 is 5.32 Å². The number of rotatable bonds is 4. The van der Waals surface area contributed by atoms with Gasteiger partial charge >= 0.3 is 6.09 Å². The third kappa shape index (κ3) is 16.5. The number of hydrogen-bond acceptors (Lipinski definition) is 2. The molecule has 0 atom stereocenters. The summed E-state index contributed by atoms with van der Waals surface area (Å²) in [6.07, 6.45) is 2.99. The molecule has 0 heterocycles. The molecule has 20 heavy (non-hydrogen) atoms. The molecule has 0 radical (unpaired) electrons. The molecule has 1 rings (SSSR count). The van der Waals surface area contributed by atoms with Crippen molar-refractivity contribution in [1.29, 1.82) is 0 Å². The zero-order valence-corrected chi connectivity index (χ0v) is 13.7. The van der Waals surface area contributed by atoms with Crippen LogP contribution in [0, 0.1) is 0 Å². The van der Waals surface area contributed by atoms with Crippen LogP contribution in [0.3, 0.4) is 0 Å². The molecular formula is C17H31NO2. The molecule has 0 bridgehead atoms. The van der Waals surface area contributed by atoms with Gasteiger partial charge < -0.3 is 10.1 Å². The fraction of sp³-hybridized carbons (Fsp3) is 0.588. The molecule has 1 aromatic rings. The first-order valence-electron chi connectivity index (χ1n) is 7.60. The first kappa shape index (κ1) is 20.8. The Hall–Kier alpha value is -1.51. The fourth-order valence-corrected chi connectivity index (χ4v) is 1.14. The van der Waals surface area contributed by atoms with Crippen LogP contribution in [0.15, 0.2) is 30.3 Å². The summed E-state index contributed by atoms with van der Waals surface area (Å²) in [5.74, 6) is 0. The van der Waals surface area contributed by atoms with E-state index in [1.54, 1.807) is 6.92 Å². The molecular weight excluding hydrogens is 250 g/mol. The molecule has 116 valence electrons. The molecule has 1 aromatic carbocycles. The van der Waals surface area contributed by atoms with Gasteiger partial charge in [-0.25, -0.2) is 4.79 Å². The average molecular weight is 281 g/mol. The van der Waals surface area contributed by atoms with Crippen LogP contribution in [-0.2, 0) is 11.2 Å². The minimum atomic E-state index is -0.344. The maximum atomic E-state index is 10.9. The maximum absolute atomic E-state index is 10.9. The molecule has 3 heteroatoms. The second-order valence-electron chi connectivity index (χ2n) is 4.30. The predicted molar refractivity (Wildman–Crippen MR) is 87.1 cm³/mol. The predicted octanol–water partition coefficient (Wildman–Crippen LogP) is 4.81.